The van der Waals surface area contributed by atoms with Crippen LogP contribution in [0, 0.1) is 37.5 Å². The quantitative estimate of drug-likeness (QED) is 0.101. The summed E-state index contributed by atoms with van der Waals surface area (Å²) in [4.78, 5) is 31.8. The first-order valence-corrected chi connectivity index (χ1v) is 22.0. The molecule has 3 N–H and O–H groups in total. The molecule has 0 bridgehead atoms. The molecule has 3 heterocycles. The van der Waals surface area contributed by atoms with Crippen molar-refractivity contribution in [1.29, 1.82) is 0 Å². The molecule has 1 atom stereocenters. The molecule has 0 aromatic carbocycles. The average molecular weight is 694 g/mol. The van der Waals surface area contributed by atoms with E-state index in [0.29, 0.717) is 43.0 Å². The van der Waals surface area contributed by atoms with Crippen molar-refractivity contribution >= 4 is 25.6 Å². The van der Waals surface area contributed by atoms with E-state index in [1.165, 1.54) is 12.8 Å². The Morgan fingerprint density at radius 1 is 1.02 bits per heavy atom. The molecule has 0 spiro atoms. The molecule has 2 amide bonds. The summed E-state index contributed by atoms with van der Waals surface area (Å²) in [6.07, 6.45) is 12.7. The Bertz CT molecular complexity index is 1580. The predicted octanol–water partition coefficient (Wildman–Crippen LogP) is 7.83. The fraction of sp³-hybridized carbons (Fsp3) is 0.649. The van der Waals surface area contributed by atoms with Crippen LogP contribution in [0.15, 0.2) is 18.3 Å². The molecule has 268 valence electrons. The molecule has 2 aliphatic carbocycles. The SMILES string of the molecule is CCn1ncc(C(C(=O)Nc2ccc(-c3c(C)nn(COCC[Si](C)(C)C)c3C)nc2F)C(C2CCCCC2)C2CCCCC2)c1C(N)=O. The number of carbonyl (C=O) groups excluding carboxylic acids is 2. The normalized spacial score (nSPS) is 17.1. The van der Waals surface area contributed by atoms with Gasteiger partial charge < -0.3 is 15.8 Å². The summed E-state index contributed by atoms with van der Waals surface area (Å²) in [6.45, 7) is 14.1. The van der Waals surface area contributed by atoms with Crippen LogP contribution in [0.1, 0.15) is 104 Å². The molecule has 2 fully saturated rings. The Morgan fingerprint density at radius 2 is 1.65 bits per heavy atom. The first-order valence-electron chi connectivity index (χ1n) is 18.3. The molecule has 0 radical (unpaired) electrons. The maximum atomic E-state index is 15.9. The van der Waals surface area contributed by atoms with Crippen LogP contribution in [0.4, 0.5) is 10.1 Å². The molecule has 0 aliphatic heterocycles. The molecule has 1 unspecified atom stereocenters. The highest BCUT2D eigenvalue weighted by atomic mass is 28.3. The Hall–Kier alpha value is -3.38. The van der Waals surface area contributed by atoms with Gasteiger partial charge >= 0.3 is 0 Å². The molecule has 49 heavy (non-hydrogen) atoms. The van der Waals surface area contributed by atoms with Gasteiger partial charge in [0.1, 0.15) is 12.4 Å². The molecule has 5 rings (SSSR count). The summed E-state index contributed by atoms with van der Waals surface area (Å²) in [5.41, 5.74) is 9.51. The summed E-state index contributed by atoms with van der Waals surface area (Å²) < 4.78 is 25.2. The van der Waals surface area contributed by atoms with E-state index in [0.717, 1.165) is 74.4 Å². The van der Waals surface area contributed by atoms with Crippen molar-refractivity contribution in [3.05, 3.63) is 46.9 Å². The van der Waals surface area contributed by atoms with Crippen molar-refractivity contribution < 1.29 is 18.7 Å². The zero-order valence-electron chi connectivity index (χ0n) is 30.4. The Labute approximate surface area is 291 Å². The number of primary amides is 1. The Balaban J connectivity index is 1.45. The van der Waals surface area contributed by atoms with E-state index in [1.807, 2.05) is 20.8 Å². The molecule has 10 nitrogen and oxygen atoms in total. The fourth-order valence-corrected chi connectivity index (χ4v) is 8.98. The van der Waals surface area contributed by atoms with Gasteiger partial charge in [-0.1, -0.05) is 83.8 Å². The van der Waals surface area contributed by atoms with Crippen LogP contribution in [-0.2, 0) is 22.8 Å². The maximum absolute atomic E-state index is 15.9. The highest BCUT2D eigenvalue weighted by molar-refractivity contribution is 6.76. The van der Waals surface area contributed by atoms with Gasteiger partial charge in [-0.15, -0.1) is 0 Å². The third kappa shape index (κ3) is 8.68. The van der Waals surface area contributed by atoms with E-state index in [-0.39, 0.29) is 23.2 Å². The van der Waals surface area contributed by atoms with E-state index >= 15 is 4.39 Å². The minimum atomic E-state index is -1.21. The molecule has 3 aromatic heterocycles. The fourth-order valence-electron chi connectivity index (χ4n) is 8.23. The number of nitrogens with one attached hydrogen (secondary N) is 1. The zero-order chi connectivity index (χ0) is 35.3. The first kappa shape index (κ1) is 36.9. The average Bonchev–Trinajstić information content (AvgIpc) is 3.62. The van der Waals surface area contributed by atoms with Gasteiger partial charge in [-0.2, -0.15) is 14.6 Å². The summed E-state index contributed by atoms with van der Waals surface area (Å²) in [5.74, 6) is -1.78. The van der Waals surface area contributed by atoms with E-state index in [1.54, 1.807) is 27.7 Å². The van der Waals surface area contributed by atoms with Crippen LogP contribution < -0.4 is 11.1 Å². The second-order valence-electron chi connectivity index (χ2n) is 15.4. The third-order valence-corrected chi connectivity index (χ3v) is 12.4. The Kier molecular flexibility index (Phi) is 12.1. The number of ether oxygens (including phenoxy) is 1. The van der Waals surface area contributed by atoms with E-state index < -0.39 is 25.8 Å². The van der Waals surface area contributed by atoms with Crippen LogP contribution in [0.3, 0.4) is 0 Å². The van der Waals surface area contributed by atoms with Crippen molar-refractivity contribution in [2.24, 2.45) is 23.5 Å². The molecular weight excluding hydrogens is 638 g/mol. The van der Waals surface area contributed by atoms with Gasteiger partial charge in [-0.3, -0.25) is 14.3 Å². The summed E-state index contributed by atoms with van der Waals surface area (Å²) in [5, 5.41) is 12.0. The second kappa shape index (κ2) is 16.1. The molecule has 12 heteroatoms. The van der Waals surface area contributed by atoms with Gasteiger partial charge in [0.25, 0.3) is 5.91 Å². The van der Waals surface area contributed by atoms with Crippen molar-refractivity contribution in [2.75, 3.05) is 11.9 Å². The molecular formula is C37H56FN7O3Si. The lowest BCUT2D eigenvalue weighted by molar-refractivity contribution is -0.120. The third-order valence-electron chi connectivity index (χ3n) is 10.7. The number of hydrogen-bond donors (Lipinski definition) is 2. The van der Waals surface area contributed by atoms with Crippen molar-refractivity contribution in [1.82, 2.24) is 24.5 Å². The highest BCUT2D eigenvalue weighted by Gasteiger charge is 2.43. The minimum absolute atomic E-state index is 0.00525. The second-order valence-corrected chi connectivity index (χ2v) is 21.0. The predicted molar refractivity (Wildman–Crippen MR) is 193 cm³/mol. The van der Waals surface area contributed by atoms with Crippen molar-refractivity contribution in [3.8, 4) is 11.3 Å². The number of amides is 2. The lowest BCUT2D eigenvalue weighted by Crippen LogP contribution is -2.39. The zero-order valence-corrected chi connectivity index (χ0v) is 31.4. The van der Waals surface area contributed by atoms with Crippen LogP contribution >= 0.6 is 0 Å². The number of nitrogens with two attached hydrogens (primary N) is 1. The number of nitrogens with zero attached hydrogens (tertiary/aromatic N) is 5. The number of halogens is 1. The number of pyridine rings is 1. The van der Waals surface area contributed by atoms with Crippen LogP contribution in [0.5, 0.6) is 0 Å². The van der Waals surface area contributed by atoms with E-state index in [9.17, 15) is 9.59 Å². The lowest BCUT2D eigenvalue weighted by atomic mass is 9.63. The molecule has 0 saturated heterocycles. The number of aryl methyl sites for hydroxylation is 2. The largest absolute Gasteiger partial charge is 0.364 e. The molecule has 2 aliphatic rings. The molecule has 3 aromatic rings. The molecule has 2 saturated carbocycles. The van der Waals surface area contributed by atoms with Crippen molar-refractivity contribution in [3.63, 3.8) is 0 Å². The maximum Gasteiger partial charge on any atom is 0.267 e. The monoisotopic (exact) mass is 693 g/mol. The van der Waals surface area contributed by atoms with Crippen molar-refractivity contribution in [2.45, 2.75) is 130 Å². The lowest BCUT2D eigenvalue weighted by Gasteiger charge is -2.42. The van der Waals surface area contributed by atoms with Crippen LogP contribution in [0.2, 0.25) is 25.7 Å². The minimum Gasteiger partial charge on any atom is -0.364 e. The van der Waals surface area contributed by atoms with Gasteiger partial charge in [0.2, 0.25) is 11.9 Å². The summed E-state index contributed by atoms with van der Waals surface area (Å²) in [7, 11) is -1.21. The Morgan fingerprint density at radius 3 is 2.20 bits per heavy atom. The summed E-state index contributed by atoms with van der Waals surface area (Å²) in [6, 6.07) is 4.37. The van der Waals surface area contributed by atoms with Gasteiger partial charge in [0.05, 0.1) is 29.2 Å². The number of anilines is 1. The topological polar surface area (TPSA) is 130 Å². The number of carbonyl (C=O) groups is 2. The van der Waals surface area contributed by atoms with E-state index in [4.69, 9.17) is 10.5 Å². The smallest absolute Gasteiger partial charge is 0.267 e. The number of hydrogen-bond acceptors (Lipinski definition) is 6. The van der Waals surface area contributed by atoms with Crippen LogP contribution in [0.25, 0.3) is 11.3 Å². The first-order chi connectivity index (χ1) is 23.4. The number of aromatic nitrogens is 5. The summed E-state index contributed by atoms with van der Waals surface area (Å²) >= 11 is 0. The highest BCUT2D eigenvalue weighted by Crippen LogP contribution is 2.48. The van der Waals surface area contributed by atoms with E-state index in [2.05, 4.69) is 40.1 Å². The van der Waals surface area contributed by atoms with Crippen LogP contribution in [-0.4, -0.2) is 51.0 Å². The van der Waals surface area contributed by atoms with Gasteiger partial charge in [0, 0.05) is 38.0 Å². The van der Waals surface area contributed by atoms with Gasteiger partial charge in [0.15, 0.2) is 0 Å². The van der Waals surface area contributed by atoms with Gasteiger partial charge in [-0.05, 0) is 56.7 Å². The van der Waals surface area contributed by atoms with Gasteiger partial charge in [-0.25, -0.2) is 9.67 Å². The number of rotatable bonds is 14. The standard InChI is InChI=1S/C37H56FN7O3Si/c1-7-44-34(36(39)46)28(22-40-44)33(32(26-14-10-8-11-15-26)27-16-12-9-13-17-27)37(47)42-30-19-18-29(41-35(30)38)31-24(2)43-45(25(31)3)23-48-20-21-49(4,5)6/h18-19,22,26-27,32-33H,7-17,20-21,23H2,1-6H3,(H2,39,46)(H,42,47).